The molecular weight excluding hydrogens is 836 g/mol. The van der Waals surface area contributed by atoms with E-state index in [1.165, 1.54) is 9.80 Å². The van der Waals surface area contributed by atoms with Crippen molar-refractivity contribution in [3.63, 3.8) is 0 Å². The van der Waals surface area contributed by atoms with Crippen LogP contribution < -0.4 is 10.2 Å². The van der Waals surface area contributed by atoms with E-state index in [1.54, 1.807) is 75.6 Å². The van der Waals surface area contributed by atoms with Crippen LogP contribution in [0, 0.1) is 127 Å². The number of carbonyl (C=O) groups is 4. The summed E-state index contributed by atoms with van der Waals surface area (Å²) in [6.45, 7) is 3.95. The molecule has 4 amide bonds. The largest absolute Gasteiger partial charge is 2.00 e. The van der Waals surface area contributed by atoms with Gasteiger partial charge in [0.2, 0.25) is 0 Å². The second-order valence-corrected chi connectivity index (χ2v) is 15.3. The first-order valence-electron chi connectivity index (χ1n) is 21.1. The van der Waals surface area contributed by atoms with Crippen LogP contribution in [0.4, 0.5) is 0 Å². The van der Waals surface area contributed by atoms with Crippen molar-refractivity contribution >= 4 is 46.2 Å². The fourth-order valence-electron chi connectivity index (χ4n) is 7.50. The van der Waals surface area contributed by atoms with E-state index in [0.717, 1.165) is 0 Å². The van der Waals surface area contributed by atoms with Crippen LogP contribution in [-0.2, 0) is 17.1 Å². The number of carbonyl (C=O) groups excluding carboxylic acids is 4. The summed E-state index contributed by atoms with van der Waals surface area (Å²) in [6, 6.07) is 6.36. The summed E-state index contributed by atoms with van der Waals surface area (Å²) in [6.07, 6.45) is 36.7. The van der Waals surface area contributed by atoms with Crippen molar-refractivity contribution in [1.29, 1.82) is 0 Å². The third-order valence-electron chi connectivity index (χ3n) is 10.7. The molecule has 63 heavy (non-hydrogen) atoms. The zero-order chi connectivity index (χ0) is 43.8. The van der Waals surface area contributed by atoms with Crippen LogP contribution >= 0.6 is 0 Å². The van der Waals surface area contributed by atoms with E-state index in [2.05, 4.69) is 19.8 Å². The average molecular weight is 889 g/mol. The molecular formula is C50H52FeN6O6. The number of hydrogen-bond donors (Lipinski definition) is 0. The Balaban J connectivity index is 0.000000598. The zero-order valence-electron chi connectivity index (χ0n) is 35.7. The Morgan fingerprint density at radius 2 is 0.730 bits per heavy atom. The number of imide groups is 2. The minimum absolute atomic E-state index is 0. The number of hydrogen-bond acceptors (Lipinski definition) is 10. The van der Waals surface area contributed by atoms with Crippen LogP contribution in [0.5, 0.6) is 0 Å². The van der Waals surface area contributed by atoms with E-state index in [-0.39, 0.29) is 42.0 Å². The van der Waals surface area contributed by atoms with Crippen molar-refractivity contribution in [1.82, 2.24) is 19.6 Å². The van der Waals surface area contributed by atoms with Crippen LogP contribution in [-0.4, -0.2) is 121 Å². The number of benzene rings is 2. The molecule has 0 saturated heterocycles. The minimum Gasteiger partial charge on any atom is -0.862 e. The van der Waals surface area contributed by atoms with E-state index >= 15 is 0 Å². The predicted octanol–water partition coefficient (Wildman–Crippen LogP) is 3.82. The molecule has 326 valence electrons. The zero-order valence-corrected chi connectivity index (χ0v) is 36.8. The summed E-state index contributed by atoms with van der Waals surface area (Å²) < 4.78 is 0. The Morgan fingerprint density at radius 1 is 0.460 bits per heavy atom. The van der Waals surface area contributed by atoms with Gasteiger partial charge in [-0.25, -0.2) is 0 Å². The van der Waals surface area contributed by atoms with Gasteiger partial charge in [-0.1, -0.05) is 0 Å². The molecule has 0 aromatic heterocycles. The monoisotopic (exact) mass is 888 g/mol. The molecule has 2 aliphatic heterocycles. The summed E-state index contributed by atoms with van der Waals surface area (Å²) in [4.78, 5) is 69.4. The van der Waals surface area contributed by atoms with Crippen molar-refractivity contribution in [3.8, 4) is 0 Å². The van der Waals surface area contributed by atoms with Gasteiger partial charge in [-0.3, -0.25) is 29.0 Å². The summed E-state index contributed by atoms with van der Waals surface area (Å²) in [5.41, 5.74) is 1.22. The summed E-state index contributed by atoms with van der Waals surface area (Å²) >= 11 is 0. The maximum absolute atomic E-state index is 13.6. The molecule has 6 aliphatic rings. The summed E-state index contributed by atoms with van der Waals surface area (Å²) in [7, 11) is 3.89. The molecule has 8 rings (SSSR count). The molecule has 4 fully saturated rings. The van der Waals surface area contributed by atoms with Gasteiger partial charge in [0.05, 0.1) is 0 Å². The normalized spacial score (nSPS) is 19.3. The molecule has 0 unspecified atom stereocenters. The molecule has 0 N–H and O–H groups in total. The Hall–Kier alpha value is -3.64. The van der Waals surface area contributed by atoms with Crippen molar-refractivity contribution < 1.29 is 46.5 Å². The second kappa shape index (κ2) is 25.7. The van der Waals surface area contributed by atoms with Gasteiger partial charge < -0.3 is 30.0 Å². The number of rotatable bonds is 18. The molecule has 0 bridgehead atoms. The van der Waals surface area contributed by atoms with E-state index in [4.69, 9.17) is 0 Å². The predicted molar refractivity (Wildman–Crippen MR) is 237 cm³/mol. The van der Waals surface area contributed by atoms with Gasteiger partial charge in [0, 0.05) is 71.0 Å². The van der Waals surface area contributed by atoms with E-state index in [1.807, 2.05) is 78.3 Å². The van der Waals surface area contributed by atoms with Crippen molar-refractivity contribution in [2.45, 2.75) is 25.7 Å². The van der Waals surface area contributed by atoms with Crippen molar-refractivity contribution in [3.05, 3.63) is 174 Å². The Labute approximate surface area is 386 Å². The second-order valence-electron chi connectivity index (χ2n) is 15.3. The van der Waals surface area contributed by atoms with Gasteiger partial charge in [0.1, 0.15) is 0 Å². The van der Waals surface area contributed by atoms with Crippen molar-refractivity contribution in [2.75, 3.05) is 66.5 Å². The van der Waals surface area contributed by atoms with Gasteiger partial charge in [-0.05, 0) is 218 Å². The standard InChI is InChI=1S/C40H44N6O6.2C5H5.Fe/c1-43(21-7-19-41-35(47)27-11-3-4-12-27)23-9-25-45-37(49)29-15-17-31-34-32(18-16-30(33(29)34)38(45)50)40(52)46(39(31)51)26-10-24-44(2)22-8-20-42-36(48)28-13-5-6-14-28;2*1-2-4-5-3-1;/h3-6,11-18H,7-10,19-26H2,1-2H3,(H,41,47)(H,42,48);2*1-5H;/q;;;+2/p-2. The van der Waals surface area contributed by atoms with Crippen molar-refractivity contribution in [2.24, 2.45) is 9.98 Å². The molecule has 4 saturated carbocycles. The van der Waals surface area contributed by atoms with Gasteiger partial charge >= 0.3 is 17.1 Å². The fraction of sp³-hybridized carbons (Fsp3) is 0.280. The number of aliphatic imine (C=N–C) groups is 2. The first-order valence-corrected chi connectivity index (χ1v) is 21.1. The summed E-state index contributed by atoms with van der Waals surface area (Å²) in [5.74, 6) is -1.04. The van der Waals surface area contributed by atoms with Crippen LogP contribution in [0.1, 0.15) is 67.1 Å². The first kappa shape index (κ1) is 50.4. The average Bonchev–Trinajstić information content (AvgIpc) is 4.14. The smallest absolute Gasteiger partial charge is 0.862 e. The van der Waals surface area contributed by atoms with Crippen LogP contribution in [0.3, 0.4) is 0 Å². The Bertz CT molecular complexity index is 1680. The van der Waals surface area contributed by atoms with Crippen LogP contribution in [0.25, 0.3) is 10.8 Å². The van der Waals surface area contributed by atoms with E-state index in [9.17, 15) is 29.4 Å². The quantitative estimate of drug-likeness (QED) is 0.0721. The number of nitrogens with zero attached hydrogens (tertiary/aromatic N) is 6. The summed E-state index contributed by atoms with van der Waals surface area (Å²) in [5, 5.41) is 24.8. The van der Waals surface area contributed by atoms with Gasteiger partial charge in [-0.2, -0.15) is 0 Å². The third-order valence-corrected chi connectivity index (χ3v) is 10.7. The molecule has 4 aliphatic carbocycles. The minimum atomic E-state index is -0.442. The molecule has 0 spiro atoms. The van der Waals surface area contributed by atoms with Crippen LogP contribution in [0.15, 0.2) is 34.3 Å². The Kier molecular flexibility index (Phi) is 20.6. The van der Waals surface area contributed by atoms with Gasteiger partial charge in [0.25, 0.3) is 23.6 Å². The molecule has 13 heteroatoms. The van der Waals surface area contributed by atoms with Gasteiger partial charge in [0.15, 0.2) is 0 Å². The molecule has 2 heterocycles. The fourth-order valence-corrected chi connectivity index (χ4v) is 7.50. The third kappa shape index (κ3) is 13.7. The Morgan fingerprint density at radius 3 is 1.02 bits per heavy atom. The molecule has 12 nitrogen and oxygen atoms in total. The topological polar surface area (TPSA) is 152 Å². The SMILES string of the molecule is CN(CCCN=C([O-])[C]1[CH][CH][CH][CH]1)CCCN1C(=O)c2ccc3c4c(ccc(c24)C1=O)C(=O)N(CCCN(C)CCCN=C([O-])[C]1[CH][CH][CH][CH]1)C3=O.[CH]1[CH][CH][CH][CH]1.[CH]1[CH][CH][CH][CH]1.[Fe+2]. The molecule has 0 atom stereocenters. The maximum Gasteiger partial charge on any atom is 2.00 e. The van der Waals surface area contributed by atoms with Gasteiger partial charge in [-0.15, -0.1) is 0 Å². The molecule has 20 radical (unpaired) electrons. The first-order chi connectivity index (χ1) is 30.2. The number of amides is 4. The van der Waals surface area contributed by atoms with Crippen LogP contribution in [0.2, 0.25) is 0 Å². The van der Waals surface area contributed by atoms with E-state index in [0.29, 0.717) is 110 Å². The van der Waals surface area contributed by atoms with E-state index < -0.39 is 23.6 Å². The molecule has 2 aromatic carbocycles. The molecule has 2 aromatic rings. The maximum atomic E-state index is 13.6.